The Morgan fingerprint density at radius 1 is 1.31 bits per heavy atom. The van der Waals surface area contributed by atoms with Crippen LogP contribution in [0.15, 0.2) is 68.0 Å². The van der Waals surface area contributed by atoms with Crippen LogP contribution in [0.5, 0.6) is 5.75 Å². The highest BCUT2D eigenvalue weighted by molar-refractivity contribution is 9.10. The number of esters is 1. The third kappa shape index (κ3) is 4.05. The fourth-order valence-corrected chi connectivity index (χ4v) is 4.95. The molecule has 2 aromatic carbocycles. The molecule has 0 aliphatic carbocycles. The van der Waals surface area contributed by atoms with Gasteiger partial charge in [-0.25, -0.2) is 14.2 Å². The molecular formula is C23H18BrFN2O4S. The topological polar surface area (TPSA) is 80.9 Å². The van der Waals surface area contributed by atoms with E-state index < -0.39 is 17.8 Å². The molecule has 9 heteroatoms. The van der Waals surface area contributed by atoms with E-state index in [1.54, 1.807) is 32.1 Å². The summed E-state index contributed by atoms with van der Waals surface area (Å²) in [5.74, 6) is -0.982. The minimum absolute atomic E-state index is 0.0255. The van der Waals surface area contributed by atoms with Crippen molar-refractivity contribution in [3.05, 3.63) is 94.8 Å². The number of aromatic hydroxyl groups is 1. The number of carbonyl (C=O) groups is 1. The summed E-state index contributed by atoms with van der Waals surface area (Å²) in [4.78, 5) is 31.1. The first-order chi connectivity index (χ1) is 15.3. The molecular weight excluding hydrogens is 499 g/mol. The number of phenolic OH excluding ortho intramolecular Hbond substituents is 1. The highest BCUT2D eigenvalue weighted by Crippen LogP contribution is 2.31. The molecule has 1 N–H and O–H groups in total. The van der Waals surface area contributed by atoms with Gasteiger partial charge in [0, 0.05) is 10.0 Å². The van der Waals surface area contributed by atoms with E-state index in [0.717, 1.165) is 15.8 Å². The summed E-state index contributed by atoms with van der Waals surface area (Å²) in [5, 5.41) is 10.2. The van der Waals surface area contributed by atoms with Crippen LogP contribution in [0.25, 0.3) is 6.08 Å². The van der Waals surface area contributed by atoms with Crippen LogP contribution in [0.1, 0.15) is 31.0 Å². The molecule has 0 saturated carbocycles. The Hall–Kier alpha value is -3.04. The van der Waals surface area contributed by atoms with Crippen LogP contribution in [-0.2, 0) is 9.53 Å². The average molecular weight is 517 g/mol. The summed E-state index contributed by atoms with van der Waals surface area (Å²) < 4.78 is 21.3. The first-order valence-electron chi connectivity index (χ1n) is 9.73. The van der Waals surface area contributed by atoms with Gasteiger partial charge in [0.2, 0.25) is 0 Å². The van der Waals surface area contributed by atoms with Gasteiger partial charge >= 0.3 is 5.97 Å². The normalized spacial score (nSPS) is 16.0. The number of phenols is 1. The molecule has 3 aromatic rings. The monoisotopic (exact) mass is 516 g/mol. The van der Waals surface area contributed by atoms with Crippen LogP contribution >= 0.6 is 27.3 Å². The molecule has 0 unspecified atom stereocenters. The van der Waals surface area contributed by atoms with Crippen molar-refractivity contribution < 1.29 is 19.0 Å². The molecule has 1 aliphatic heterocycles. The molecule has 164 valence electrons. The van der Waals surface area contributed by atoms with E-state index in [1.807, 2.05) is 0 Å². The zero-order chi connectivity index (χ0) is 23.0. The maximum absolute atomic E-state index is 13.6. The zero-order valence-corrected chi connectivity index (χ0v) is 19.5. The van der Waals surface area contributed by atoms with Gasteiger partial charge in [0.1, 0.15) is 11.6 Å². The molecule has 0 bridgehead atoms. The van der Waals surface area contributed by atoms with Crippen molar-refractivity contribution in [3.63, 3.8) is 0 Å². The van der Waals surface area contributed by atoms with Crippen molar-refractivity contribution in [2.24, 2.45) is 4.99 Å². The van der Waals surface area contributed by atoms with Crippen LogP contribution in [0.4, 0.5) is 4.39 Å². The highest BCUT2D eigenvalue weighted by Gasteiger charge is 2.33. The lowest BCUT2D eigenvalue weighted by atomic mass is 9.96. The predicted molar refractivity (Wildman–Crippen MR) is 123 cm³/mol. The number of allylic oxidation sites excluding steroid dienone is 1. The number of aromatic nitrogens is 1. The van der Waals surface area contributed by atoms with E-state index in [1.165, 1.54) is 34.9 Å². The Morgan fingerprint density at radius 2 is 2.03 bits per heavy atom. The maximum Gasteiger partial charge on any atom is 0.338 e. The van der Waals surface area contributed by atoms with Crippen molar-refractivity contribution in [1.29, 1.82) is 0 Å². The second-order valence-electron chi connectivity index (χ2n) is 7.06. The lowest BCUT2D eigenvalue weighted by molar-refractivity contribution is -0.139. The predicted octanol–water partition coefficient (Wildman–Crippen LogP) is 3.41. The molecule has 2 heterocycles. The summed E-state index contributed by atoms with van der Waals surface area (Å²) in [6.07, 6.45) is 1.58. The Balaban J connectivity index is 1.97. The average Bonchev–Trinajstić information content (AvgIpc) is 3.05. The number of rotatable bonds is 4. The number of benzene rings is 2. The van der Waals surface area contributed by atoms with Crippen molar-refractivity contribution in [2.75, 3.05) is 6.61 Å². The minimum atomic E-state index is -0.816. The Kier molecular flexibility index (Phi) is 6.12. The van der Waals surface area contributed by atoms with Crippen LogP contribution in [-0.4, -0.2) is 22.2 Å². The van der Waals surface area contributed by atoms with Crippen molar-refractivity contribution in [2.45, 2.75) is 19.9 Å². The van der Waals surface area contributed by atoms with E-state index in [0.29, 0.717) is 26.2 Å². The number of ether oxygens (including phenoxy) is 1. The van der Waals surface area contributed by atoms with E-state index in [4.69, 9.17) is 4.74 Å². The third-order valence-corrected chi connectivity index (χ3v) is 6.46. The zero-order valence-electron chi connectivity index (χ0n) is 17.1. The van der Waals surface area contributed by atoms with Gasteiger partial charge < -0.3 is 9.84 Å². The van der Waals surface area contributed by atoms with Gasteiger partial charge in [0.25, 0.3) is 5.56 Å². The smallest absolute Gasteiger partial charge is 0.338 e. The van der Waals surface area contributed by atoms with E-state index in [-0.39, 0.29) is 23.5 Å². The molecule has 1 aromatic heterocycles. The highest BCUT2D eigenvalue weighted by atomic mass is 79.9. The number of hydrogen-bond donors (Lipinski definition) is 1. The van der Waals surface area contributed by atoms with Gasteiger partial charge in [-0.3, -0.25) is 9.36 Å². The van der Waals surface area contributed by atoms with Crippen molar-refractivity contribution in [1.82, 2.24) is 4.57 Å². The van der Waals surface area contributed by atoms with Crippen LogP contribution in [0.2, 0.25) is 0 Å². The van der Waals surface area contributed by atoms with Crippen molar-refractivity contribution >= 4 is 39.3 Å². The number of thiazole rings is 1. The largest absolute Gasteiger partial charge is 0.507 e. The Morgan fingerprint density at radius 3 is 2.72 bits per heavy atom. The standard InChI is InChI=1S/C23H18BrFN2O4S/c1-3-31-22(30)19-12(2)26-23-27(20(19)13-4-7-16(25)8-5-13)21(29)18(32-23)11-14-10-15(24)6-9-17(14)28/h4-11,20,28H,3H2,1-2H3/b18-11-/t20-/m0/s1. The first kappa shape index (κ1) is 22.2. The molecule has 4 rings (SSSR count). The van der Waals surface area contributed by atoms with E-state index >= 15 is 0 Å². The second kappa shape index (κ2) is 8.84. The van der Waals surface area contributed by atoms with Gasteiger partial charge in [-0.2, -0.15) is 0 Å². The van der Waals surface area contributed by atoms with Gasteiger partial charge in [-0.1, -0.05) is 39.4 Å². The fourth-order valence-electron chi connectivity index (χ4n) is 3.53. The van der Waals surface area contributed by atoms with Crippen LogP contribution in [0.3, 0.4) is 0 Å². The number of fused-ring (bicyclic) bond motifs is 1. The molecule has 0 amide bonds. The second-order valence-corrected chi connectivity index (χ2v) is 8.98. The Bertz CT molecular complexity index is 1420. The Labute approximate surface area is 194 Å². The summed E-state index contributed by atoms with van der Waals surface area (Å²) in [6, 6.07) is 9.73. The van der Waals surface area contributed by atoms with Gasteiger partial charge in [0.15, 0.2) is 4.80 Å². The number of halogens is 2. The number of carbonyl (C=O) groups excluding carboxylic acids is 1. The van der Waals surface area contributed by atoms with E-state index in [9.17, 15) is 19.1 Å². The quantitative estimate of drug-likeness (QED) is 0.539. The number of hydrogen-bond acceptors (Lipinski definition) is 6. The molecule has 6 nitrogen and oxygen atoms in total. The van der Waals surface area contributed by atoms with Gasteiger partial charge in [0.05, 0.1) is 28.5 Å². The molecule has 32 heavy (non-hydrogen) atoms. The molecule has 0 radical (unpaired) electrons. The summed E-state index contributed by atoms with van der Waals surface area (Å²) in [5.41, 5.74) is 1.29. The summed E-state index contributed by atoms with van der Waals surface area (Å²) in [7, 11) is 0. The molecule has 0 saturated heterocycles. The van der Waals surface area contributed by atoms with Crippen molar-refractivity contribution in [3.8, 4) is 5.75 Å². The van der Waals surface area contributed by atoms with Crippen LogP contribution < -0.4 is 14.9 Å². The lowest BCUT2D eigenvalue weighted by Gasteiger charge is -2.24. The minimum Gasteiger partial charge on any atom is -0.507 e. The maximum atomic E-state index is 13.6. The fraction of sp³-hybridized carbons (Fsp3) is 0.174. The summed E-state index contributed by atoms with van der Waals surface area (Å²) >= 11 is 4.50. The van der Waals surface area contributed by atoms with Crippen LogP contribution in [0, 0.1) is 5.82 Å². The first-order valence-corrected chi connectivity index (χ1v) is 11.3. The molecule has 1 aliphatic rings. The SMILES string of the molecule is CCOC(=O)C1=C(C)N=c2s/c(=C\c3cc(Br)ccc3O)c(=O)n2[C@H]1c1ccc(F)cc1. The third-order valence-electron chi connectivity index (χ3n) is 4.98. The van der Waals surface area contributed by atoms with E-state index in [2.05, 4.69) is 20.9 Å². The molecule has 0 fully saturated rings. The lowest BCUT2D eigenvalue weighted by Crippen LogP contribution is -2.39. The molecule has 0 spiro atoms. The molecule has 1 atom stereocenters. The van der Waals surface area contributed by atoms with Gasteiger partial charge in [-0.15, -0.1) is 0 Å². The summed E-state index contributed by atoms with van der Waals surface area (Å²) in [6.45, 7) is 3.54. The van der Waals surface area contributed by atoms with Gasteiger partial charge in [-0.05, 0) is 55.8 Å². The number of nitrogens with zero attached hydrogens (tertiary/aromatic N) is 2.